The van der Waals surface area contributed by atoms with Crippen LogP contribution in [0.3, 0.4) is 0 Å². The molecule has 6 nitrogen and oxygen atoms in total. The van der Waals surface area contributed by atoms with Crippen LogP contribution >= 0.6 is 0 Å². The van der Waals surface area contributed by atoms with Crippen LogP contribution in [0.25, 0.3) is 0 Å². The van der Waals surface area contributed by atoms with Gasteiger partial charge in [-0.05, 0) is 24.1 Å². The highest BCUT2D eigenvalue weighted by atomic mass is 16.5. The van der Waals surface area contributed by atoms with Crippen LogP contribution in [0.15, 0.2) is 23.4 Å². The summed E-state index contributed by atoms with van der Waals surface area (Å²) in [6.07, 6.45) is 2.26. The van der Waals surface area contributed by atoms with E-state index in [1.807, 2.05) is 12.1 Å². The van der Waals surface area contributed by atoms with E-state index in [9.17, 15) is 0 Å². The molecule has 0 saturated carbocycles. The topological polar surface area (TPSA) is 89.1 Å². The van der Waals surface area contributed by atoms with Gasteiger partial charge in [-0.15, -0.1) is 0 Å². The zero-order valence-electron chi connectivity index (χ0n) is 12.8. The van der Waals surface area contributed by atoms with Crippen molar-refractivity contribution in [3.05, 3.63) is 29.3 Å². The fraction of sp³-hybridized carbons (Fsp3) is 0.533. The Morgan fingerprint density at radius 1 is 1.38 bits per heavy atom. The highest BCUT2D eigenvalue weighted by molar-refractivity contribution is 5.99. The number of unbranched alkanes of at least 4 members (excludes halogenated alkanes) is 1. The van der Waals surface area contributed by atoms with Crippen LogP contribution < -0.4 is 15.8 Å². The van der Waals surface area contributed by atoms with E-state index in [0.29, 0.717) is 24.5 Å². The van der Waals surface area contributed by atoms with Crippen molar-refractivity contribution < 1.29 is 14.7 Å². The van der Waals surface area contributed by atoms with Crippen LogP contribution in [0.5, 0.6) is 5.75 Å². The van der Waals surface area contributed by atoms with E-state index in [1.54, 1.807) is 13.2 Å². The zero-order chi connectivity index (χ0) is 15.5. The summed E-state index contributed by atoms with van der Waals surface area (Å²) in [5, 5.41) is 15.0. The minimum Gasteiger partial charge on any atom is -0.496 e. The van der Waals surface area contributed by atoms with Crippen LogP contribution in [0.2, 0.25) is 0 Å². The van der Waals surface area contributed by atoms with E-state index in [2.05, 4.69) is 17.4 Å². The molecule has 21 heavy (non-hydrogen) atoms. The van der Waals surface area contributed by atoms with Crippen LogP contribution in [-0.4, -0.2) is 37.9 Å². The fourth-order valence-electron chi connectivity index (χ4n) is 1.84. The number of benzene rings is 1. The number of hydrogen-bond acceptors (Lipinski definition) is 5. The summed E-state index contributed by atoms with van der Waals surface area (Å²) in [7, 11) is 1.56. The molecule has 0 radical (unpaired) electrons. The van der Waals surface area contributed by atoms with Crippen molar-refractivity contribution in [3.8, 4) is 5.75 Å². The number of ether oxygens (including phenoxy) is 2. The Bertz CT molecular complexity index is 450. The SMILES string of the molecule is CCCCOCCNCc1ccc(/C(N)=N/O)c(OC)c1. The predicted molar refractivity (Wildman–Crippen MR) is 82.9 cm³/mol. The highest BCUT2D eigenvalue weighted by Crippen LogP contribution is 2.19. The number of oxime groups is 1. The summed E-state index contributed by atoms with van der Waals surface area (Å²) in [5.74, 6) is 0.625. The first kappa shape index (κ1) is 17.3. The van der Waals surface area contributed by atoms with Crippen LogP contribution in [0, 0.1) is 0 Å². The van der Waals surface area contributed by atoms with Crippen molar-refractivity contribution >= 4 is 5.84 Å². The maximum absolute atomic E-state index is 8.72. The molecule has 0 bridgehead atoms. The van der Waals surface area contributed by atoms with Gasteiger partial charge in [-0.1, -0.05) is 24.6 Å². The standard InChI is InChI=1S/C15H25N3O3/c1-3-4-8-21-9-7-17-11-12-5-6-13(15(16)18-19)14(10-12)20-2/h5-6,10,17,19H,3-4,7-9,11H2,1-2H3,(H2,16,18). The normalized spacial score (nSPS) is 11.6. The van der Waals surface area contributed by atoms with Gasteiger partial charge in [-0.3, -0.25) is 0 Å². The second-order valence-electron chi connectivity index (χ2n) is 4.66. The van der Waals surface area contributed by atoms with Gasteiger partial charge in [-0.25, -0.2) is 0 Å². The lowest BCUT2D eigenvalue weighted by molar-refractivity contribution is 0.133. The monoisotopic (exact) mass is 295 g/mol. The Kier molecular flexibility index (Phi) is 8.23. The summed E-state index contributed by atoms with van der Waals surface area (Å²) in [4.78, 5) is 0. The van der Waals surface area contributed by atoms with E-state index in [0.717, 1.165) is 31.6 Å². The van der Waals surface area contributed by atoms with Gasteiger partial charge in [0, 0.05) is 19.7 Å². The van der Waals surface area contributed by atoms with Crippen molar-refractivity contribution in [1.82, 2.24) is 5.32 Å². The Labute approximate surface area is 125 Å². The Hall–Kier alpha value is -1.79. The van der Waals surface area contributed by atoms with Gasteiger partial charge in [0.15, 0.2) is 5.84 Å². The quantitative estimate of drug-likeness (QED) is 0.201. The first-order valence-corrected chi connectivity index (χ1v) is 7.16. The molecule has 1 aromatic carbocycles. The van der Waals surface area contributed by atoms with Gasteiger partial charge in [0.2, 0.25) is 0 Å². The van der Waals surface area contributed by atoms with Gasteiger partial charge < -0.3 is 25.7 Å². The predicted octanol–water partition coefficient (Wildman–Crippen LogP) is 1.70. The summed E-state index contributed by atoms with van der Waals surface area (Å²) >= 11 is 0. The molecule has 1 aromatic rings. The summed E-state index contributed by atoms with van der Waals surface area (Å²) in [6.45, 7) is 5.19. The van der Waals surface area contributed by atoms with E-state index in [-0.39, 0.29) is 5.84 Å². The molecular weight excluding hydrogens is 270 g/mol. The lowest BCUT2D eigenvalue weighted by Crippen LogP contribution is -2.20. The smallest absolute Gasteiger partial charge is 0.173 e. The van der Waals surface area contributed by atoms with E-state index in [1.165, 1.54) is 0 Å². The average Bonchev–Trinajstić information content (AvgIpc) is 2.53. The van der Waals surface area contributed by atoms with Gasteiger partial charge in [0.1, 0.15) is 5.75 Å². The molecule has 6 heteroatoms. The first-order chi connectivity index (χ1) is 10.2. The molecule has 0 atom stereocenters. The first-order valence-electron chi connectivity index (χ1n) is 7.16. The average molecular weight is 295 g/mol. The Morgan fingerprint density at radius 3 is 2.86 bits per heavy atom. The molecule has 0 spiro atoms. The number of nitrogens with zero attached hydrogens (tertiary/aromatic N) is 1. The molecule has 0 aliphatic carbocycles. The molecule has 0 unspecified atom stereocenters. The third-order valence-electron chi connectivity index (χ3n) is 3.04. The maximum Gasteiger partial charge on any atom is 0.173 e. The summed E-state index contributed by atoms with van der Waals surface area (Å²) in [5.41, 5.74) is 7.23. The summed E-state index contributed by atoms with van der Waals surface area (Å²) < 4.78 is 10.7. The van der Waals surface area contributed by atoms with E-state index in [4.69, 9.17) is 20.4 Å². The number of amidine groups is 1. The summed E-state index contributed by atoms with van der Waals surface area (Å²) in [6, 6.07) is 5.57. The van der Waals surface area contributed by atoms with Crippen molar-refractivity contribution in [2.75, 3.05) is 26.9 Å². The number of methoxy groups -OCH3 is 1. The Morgan fingerprint density at radius 2 is 2.19 bits per heavy atom. The molecule has 0 aliphatic rings. The highest BCUT2D eigenvalue weighted by Gasteiger charge is 2.08. The molecular formula is C15H25N3O3. The van der Waals surface area contributed by atoms with E-state index < -0.39 is 0 Å². The molecule has 0 heterocycles. The largest absolute Gasteiger partial charge is 0.496 e. The Balaban J connectivity index is 2.42. The zero-order valence-corrected chi connectivity index (χ0v) is 12.8. The third kappa shape index (κ3) is 6.01. The molecule has 0 amide bonds. The lowest BCUT2D eigenvalue weighted by Gasteiger charge is -2.10. The van der Waals surface area contributed by atoms with Crippen LogP contribution in [0.4, 0.5) is 0 Å². The lowest BCUT2D eigenvalue weighted by atomic mass is 10.1. The van der Waals surface area contributed by atoms with Crippen LogP contribution in [0.1, 0.15) is 30.9 Å². The number of hydrogen-bond donors (Lipinski definition) is 3. The minimum absolute atomic E-state index is 0.0377. The minimum atomic E-state index is 0.0377. The second kappa shape index (κ2) is 10.0. The number of rotatable bonds is 10. The van der Waals surface area contributed by atoms with Crippen LogP contribution in [-0.2, 0) is 11.3 Å². The second-order valence-corrected chi connectivity index (χ2v) is 4.66. The van der Waals surface area contributed by atoms with Gasteiger partial charge >= 0.3 is 0 Å². The van der Waals surface area contributed by atoms with Crippen molar-refractivity contribution in [3.63, 3.8) is 0 Å². The molecule has 1 rings (SSSR count). The van der Waals surface area contributed by atoms with Crippen molar-refractivity contribution in [1.29, 1.82) is 0 Å². The van der Waals surface area contributed by atoms with E-state index >= 15 is 0 Å². The molecule has 118 valence electrons. The third-order valence-corrected chi connectivity index (χ3v) is 3.04. The van der Waals surface area contributed by atoms with Crippen molar-refractivity contribution in [2.24, 2.45) is 10.9 Å². The number of nitrogens with two attached hydrogens (primary N) is 1. The van der Waals surface area contributed by atoms with Gasteiger partial charge in [0.25, 0.3) is 0 Å². The number of nitrogens with one attached hydrogen (secondary N) is 1. The van der Waals surface area contributed by atoms with Gasteiger partial charge in [-0.2, -0.15) is 0 Å². The molecule has 0 aliphatic heterocycles. The van der Waals surface area contributed by atoms with Gasteiger partial charge in [0.05, 0.1) is 19.3 Å². The molecule has 0 aromatic heterocycles. The molecule has 4 N–H and O–H groups in total. The molecule has 0 saturated heterocycles. The van der Waals surface area contributed by atoms with Crippen molar-refractivity contribution in [2.45, 2.75) is 26.3 Å². The fourth-order valence-corrected chi connectivity index (χ4v) is 1.84. The molecule has 0 fully saturated rings. The maximum atomic E-state index is 8.72.